The van der Waals surface area contributed by atoms with Crippen LogP contribution in [0.25, 0.3) is 0 Å². The highest BCUT2D eigenvalue weighted by molar-refractivity contribution is 8.00. The topological polar surface area (TPSA) is 3.24 Å². The lowest BCUT2D eigenvalue weighted by Crippen LogP contribution is -2.33. The Hall–Kier alpha value is 0.310. The van der Waals surface area contributed by atoms with E-state index < -0.39 is 0 Å². The normalized spacial score (nSPS) is 40.4. The van der Waals surface area contributed by atoms with E-state index in [4.69, 9.17) is 0 Å². The largest absolute Gasteiger partial charge is 0.291 e. The lowest BCUT2D eigenvalue weighted by atomic mass is 10.0. The number of nitrogens with zero attached hydrogens (tertiary/aromatic N) is 1. The summed E-state index contributed by atoms with van der Waals surface area (Å²) in [7, 11) is 2.23. The maximum Gasteiger partial charge on any atom is 0.0532 e. The van der Waals surface area contributed by atoms with Gasteiger partial charge in [0, 0.05) is 11.3 Å². The zero-order valence-corrected chi connectivity index (χ0v) is 8.98. The van der Waals surface area contributed by atoms with Gasteiger partial charge in [-0.3, -0.25) is 4.90 Å². The van der Waals surface area contributed by atoms with E-state index in [0.29, 0.717) is 5.37 Å². The van der Waals surface area contributed by atoms with Gasteiger partial charge in [0.05, 0.1) is 5.37 Å². The Bertz CT molecular complexity index is 136. The van der Waals surface area contributed by atoms with Gasteiger partial charge in [-0.1, -0.05) is 13.8 Å². The Morgan fingerprint density at radius 1 is 1.27 bits per heavy atom. The van der Waals surface area contributed by atoms with Crippen LogP contribution in [0.15, 0.2) is 0 Å². The molecule has 1 aliphatic rings. The van der Waals surface area contributed by atoms with Crippen molar-refractivity contribution in [3.05, 3.63) is 0 Å². The average molecular weight is 173 g/mol. The number of rotatable bonds is 1. The molecule has 11 heavy (non-hydrogen) atoms. The highest BCUT2D eigenvalue weighted by Gasteiger charge is 2.35. The van der Waals surface area contributed by atoms with Crippen LogP contribution in [0.3, 0.4) is 0 Å². The van der Waals surface area contributed by atoms with Crippen molar-refractivity contribution in [2.24, 2.45) is 5.92 Å². The first-order valence-corrected chi connectivity index (χ1v) is 5.35. The van der Waals surface area contributed by atoms with Crippen molar-refractivity contribution < 1.29 is 0 Å². The summed E-state index contributed by atoms with van der Waals surface area (Å²) in [6, 6.07) is 0.745. The first-order valence-electron chi connectivity index (χ1n) is 4.41. The Morgan fingerprint density at radius 2 is 1.82 bits per heavy atom. The molecule has 1 rings (SSSR count). The SMILES string of the molecule is CC(C)C1SC(C)N(C)C1C. The van der Waals surface area contributed by atoms with Crippen LogP contribution in [-0.2, 0) is 0 Å². The molecule has 0 aromatic carbocycles. The van der Waals surface area contributed by atoms with Crippen molar-refractivity contribution in [1.29, 1.82) is 0 Å². The lowest BCUT2D eigenvalue weighted by molar-refractivity contribution is 0.255. The minimum Gasteiger partial charge on any atom is -0.291 e. The number of thioether (sulfide) groups is 1. The lowest BCUT2D eigenvalue weighted by Gasteiger charge is -2.22. The zero-order chi connectivity index (χ0) is 8.59. The molecule has 66 valence electrons. The van der Waals surface area contributed by atoms with E-state index in [1.54, 1.807) is 0 Å². The summed E-state index contributed by atoms with van der Waals surface area (Å²) in [5.41, 5.74) is 0. The second-order valence-corrected chi connectivity index (χ2v) is 5.35. The molecular formula is C9H19NS. The second kappa shape index (κ2) is 3.36. The van der Waals surface area contributed by atoms with Crippen molar-refractivity contribution in [3.8, 4) is 0 Å². The summed E-state index contributed by atoms with van der Waals surface area (Å²) >= 11 is 2.12. The molecule has 0 aromatic rings. The minimum atomic E-state index is 0.706. The Labute approximate surface area is 74.5 Å². The van der Waals surface area contributed by atoms with E-state index in [9.17, 15) is 0 Å². The second-order valence-electron chi connectivity index (χ2n) is 3.85. The van der Waals surface area contributed by atoms with Crippen LogP contribution in [0, 0.1) is 5.92 Å². The van der Waals surface area contributed by atoms with E-state index in [0.717, 1.165) is 17.2 Å². The first-order chi connectivity index (χ1) is 5.04. The smallest absolute Gasteiger partial charge is 0.0532 e. The van der Waals surface area contributed by atoms with E-state index in [2.05, 4.69) is 51.4 Å². The molecule has 0 spiro atoms. The van der Waals surface area contributed by atoms with Crippen molar-refractivity contribution in [2.75, 3.05) is 7.05 Å². The maximum absolute atomic E-state index is 2.47. The van der Waals surface area contributed by atoms with Crippen molar-refractivity contribution in [3.63, 3.8) is 0 Å². The molecule has 3 atom stereocenters. The van der Waals surface area contributed by atoms with Gasteiger partial charge in [-0.25, -0.2) is 0 Å². The van der Waals surface area contributed by atoms with E-state index in [-0.39, 0.29) is 0 Å². The van der Waals surface area contributed by atoms with Gasteiger partial charge in [-0.05, 0) is 26.8 Å². The molecule has 0 N–H and O–H groups in total. The third kappa shape index (κ3) is 1.73. The summed E-state index contributed by atoms with van der Waals surface area (Å²) in [5, 5.41) is 1.53. The molecule has 1 nitrogen and oxygen atoms in total. The van der Waals surface area contributed by atoms with Gasteiger partial charge < -0.3 is 0 Å². The quantitative estimate of drug-likeness (QED) is 0.599. The molecule has 1 aliphatic heterocycles. The van der Waals surface area contributed by atoms with Crippen LogP contribution in [0.5, 0.6) is 0 Å². The van der Waals surface area contributed by atoms with Crippen LogP contribution in [-0.4, -0.2) is 28.6 Å². The van der Waals surface area contributed by atoms with Gasteiger partial charge in [-0.2, -0.15) is 0 Å². The highest BCUT2D eigenvalue weighted by atomic mass is 32.2. The maximum atomic E-state index is 2.47. The molecule has 2 heteroatoms. The van der Waals surface area contributed by atoms with Gasteiger partial charge in [0.1, 0.15) is 0 Å². The molecule has 0 bridgehead atoms. The molecule has 1 fully saturated rings. The Balaban J connectivity index is 2.59. The Morgan fingerprint density at radius 3 is 2.00 bits per heavy atom. The number of hydrogen-bond donors (Lipinski definition) is 0. The van der Waals surface area contributed by atoms with Gasteiger partial charge in [-0.15, -0.1) is 11.8 Å². The average Bonchev–Trinajstić information content (AvgIpc) is 2.17. The predicted molar refractivity (Wildman–Crippen MR) is 52.9 cm³/mol. The summed E-state index contributed by atoms with van der Waals surface area (Å²) in [4.78, 5) is 2.47. The summed E-state index contributed by atoms with van der Waals surface area (Å²) in [6.07, 6.45) is 0. The Kier molecular flexibility index (Phi) is 2.87. The molecule has 0 aliphatic carbocycles. The van der Waals surface area contributed by atoms with Gasteiger partial charge in [0.2, 0.25) is 0 Å². The van der Waals surface area contributed by atoms with Crippen LogP contribution in [0.1, 0.15) is 27.7 Å². The van der Waals surface area contributed by atoms with Crippen molar-refractivity contribution in [2.45, 2.75) is 44.4 Å². The minimum absolute atomic E-state index is 0.706. The van der Waals surface area contributed by atoms with Crippen molar-refractivity contribution in [1.82, 2.24) is 4.90 Å². The van der Waals surface area contributed by atoms with Crippen LogP contribution >= 0.6 is 11.8 Å². The zero-order valence-electron chi connectivity index (χ0n) is 8.16. The van der Waals surface area contributed by atoms with E-state index in [1.807, 2.05) is 0 Å². The molecule has 0 aromatic heterocycles. The van der Waals surface area contributed by atoms with Crippen LogP contribution in [0.4, 0.5) is 0 Å². The van der Waals surface area contributed by atoms with E-state index >= 15 is 0 Å². The van der Waals surface area contributed by atoms with Gasteiger partial charge in [0.25, 0.3) is 0 Å². The van der Waals surface area contributed by atoms with Gasteiger partial charge in [0.15, 0.2) is 0 Å². The fourth-order valence-corrected chi connectivity index (χ4v) is 3.29. The van der Waals surface area contributed by atoms with Gasteiger partial charge >= 0.3 is 0 Å². The monoisotopic (exact) mass is 173 g/mol. The molecule has 3 unspecified atom stereocenters. The molecule has 0 radical (unpaired) electrons. The fraction of sp³-hybridized carbons (Fsp3) is 1.00. The fourth-order valence-electron chi connectivity index (χ4n) is 1.71. The third-order valence-corrected chi connectivity index (χ3v) is 4.68. The van der Waals surface area contributed by atoms with Crippen LogP contribution in [0.2, 0.25) is 0 Å². The molecular weight excluding hydrogens is 154 g/mol. The van der Waals surface area contributed by atoms with Crippen molar-refractivity contribution >= 4 is 11.8 Å². The predicted octanol–water partition coefficient (Wildman–Crippen LogP) is 2.42. The summed E-state index contributed by atoms with van der Waals surface area (Å²) < 4.78 is 0. The highest BCUT2D eigenvalue weighted by Crippen LogP contribution is 2.37. The molecule has 1 saturated heterocycles. The number of hydrogen-bond acceptors (Lipinski definition) is 2. The third-order valence-electron chi connectivity index (χ3n) is 2.70. The van der Waals surface area contributed by atoms with Crippen LogP contribution < -0.4 is 0 Å². The summed E-state index contributed by atoms with van der Waals surface area (Å²) in [5.74, 6) is 0.808. The van der Waals surface area contributed by atoms with E-state index in [1.165, 1.54) is 0 Å². The standard InChI is InChI=1S/C9H19NS/c1-6(2)9-7(3)10(5)8(4)11-9/h6-9H,1-5H3. The summed E-state index contributed by atoms with van der Waals surface area (Å²) in [6.45, 7) is 9.27. The molecule has 1 heterocycles. The molecule has 0 saturated carbocycles. The molecule has 0 amide bonds. The first kappa shape index (κ1) is 9.40.